The van der Waals surface area contributed by atoms with Crippen molar-refractivity contribution in [3.63, 3.8) is 0 Å². The molecule has 1 aliphatic rings. The van der Waals surface area contributed by atoms with Crippen molar-refractivity contribution in [2.45, 2.75) is 25.7 Å². The van der Waals surface area contributed by atoms with E-state index in [1.54, 1.807) is 24.5 Å². The van der Waals surface area contributed by atoms with Gasteiger partial charge in [0.15, 0.2) is 0 Å². The van der Waals surface area contributed by atoms with Crippen LogP contribution in [0.3, 0.4) is 0 Å². The predicted octanol–water partition coefficient (Wildman–Crippen LogP) is 3.41. The summed E-state index contributed by atoms with van der Waals surface area (Å²) in [4.78, 5) is 25.9. The van der Waals surface area contributed by atoms with E-state index in [0.29, 0.717) is 43.0 Å². The molecule has 1 N–H and O–H groups in total. The van der Waals surface area contributed by atoms with Gasteiger partial charge in [-0.1, -0.05) is 18.2 Å². The second kappa shape index (κ2) is 7.20. The average Bonchev–Trinajstić information content (AvgIpc) is 2.68. The molecule has 0 radical (unpaired) electrons. The molecule has 1 aromatic carbocycles. The Labute approximate surface area is 158 Å². The fraction of sp³-hybridized carbons (Fsp3) is 0.250. The van der Waals surface area contributed by atoms with E-state index in [4.69, 9.17) is 0 Å². The number of alkyl halides is 3. The fourth-order valence-corrected chi connectivity index (χ4v) is 3.36. The lowest BCUT2D eigenvalue weighted by Gasteiger charge is -2.28. The zero-order valence-corrected chi connectivity index (χ0v) is 14.8. The minimum absolute atomic E-state index is 0.224. The van der Waals surface area contributed by atoms with Gasteiger partial charge in [-0.3, -0.25) is 14.7 Å². The number of pyridine rings is 1. The molecule has 0 spiro atoms. The third-order valence-electron chi connectivity index (χ3n) is 4.74. The Morgan fingerprint density at radius 2 is 2.04 bits per heavy atom. The summed E-state index contributed by atoms with van der Waals surface area (Å²) < 4.78 is 38.7. The number of hydrogen-bond donors (Lipinski definition) is 1. The molecule has 5 nitrogen and oxygen atoms in total. The van der Waals surface area contributed by atoms with Gasteiger partial charge in [-0.2, -0.15) is 13.2 Å². The molecule has 1 aliphatic heterocycles. The van der Waals surface area contributed by atoms with Crippen LogP contribution in [0.1, 0.15) is 22.4 Å². The van der Waals surface area contributed by atoms with E-state index in [0.717, 1.165) is 23.4 Å². The zero-order valence-electron chi connectivity index (χ0n) is 14.8. The average molecular weight is 386 g/mol. The number of H-pyrrole nitrogens is 1. The van der Waals surface area contributed by atoms with Crippen LogP contribution in [0.5, 0.6) is 0 Å². The Kier molecular flexibility index (Phi) is 4.72. The summed E-state index contributed by atoms with van der Waals surface area (Å²) >= 11 is 0. The van der Waals surface area contributed by atoms with Gasteiger partial charge < -0.3 is 4.98 Å². The van der Waals surface area contributed by atoms with Gasteiger partial charge in [-0.15, -0.1) is 0 Å². The summed E-state index contributed by atoms with van der Waals surface area (Å²) in [5, 5.41) is 0. The van der Waals surface area contributed by atoms with Crippen LogP contribution in [0.4, 0.5) is 13.2 Å². The lowest BCUT2D eigenvalue weighted by atomic mass is 10.0. The normalized spacial score (nSPS) is 14.7. The Morgan fingerprint density at radius 3 is 2.79 bits per heavy atom. The van der Waals surface area contributed by atoms with Crippen molar-refractivity contribution in [1.29, 1.82) is 0 Å². The van der Waals surface area contributed by atoms with Crippen molar-refractivity contribution in [3.05, 3.63) is 81.5 Å². The molecule has 144 valence electrons. The van der Waals surface area contributed by atoms with E-state index in [1.807, 2.05) is 11.0 Å². The highest BCUT2D eigenvalue weighted by Crippen LogP contribution is 2.30. The molecule has 0 atom stereocenters. The van der Waals surface area contributed by atoms with Crippen LogP contribution in [0.15, 0.2) is 53.6 Å². The summed E-state index contributed by atoms with van der Waals surface area (Å²) in [6.07, 6.45) is -0.529. The van der Waals surface area contributed by atoms with Crippen LogP contribution in [0.25, 0.3) is 11.4 Å². The number of benzene rings is 1. The van der Waals surface area contributed by atoms with Gasteiger partial charge in [0.1, 0.15) is 5.82 Å². The first-order valence-corrected chi connectivity index (χ1v) is 8.81. The summed E-state index contributed by atoms with van der Waals surface area (Å²) in [7, 11) is 0. The topological polar surface area (TPSA) is 61.9 Å². The van der Waals surface area contributed by atoms with Gasteiger partial charge in [0.25, 0.3) is 5.56 Å². The molecule has 8 heteroatoms. The molecule has 0 saturated carbocycles. The van der Waals surface area contributed by atoms with Gasteiger partial charge in [-0.25, -0.2) is 4.98 Å². The van der Waals surface area contributed by atoms with Gasteiger partial charge in [-0.05, 0) is 23.8 Å². The number of fused-ring (bicyclic) bond motifs is 1. The van der Waals surface area contributed by atoms with Gasteiger partial charge in [0.2, 0.25) is 0 Å². The maximum atomic E-state index is 12.9. The van der Waals surface area contributed by atoms with Crippen molar-refractivity contribution >= 4 is 0 Å². The summed E-state index contributed by atoms with van der Waals surface area (Å²) in [5.74, 6) is 0.475. The molecule has 4 rings (SSSR count). The molecular formula is C20H17F3N4O. The van der Waals surface area contributed by atoms with E-state index in [1.165, 1.54) is 6.07 Å². The van der Waals surface area contributed by atoms with Crippen molar-refractivity contribution in [2.75, 3.05) is 6.54 Å². The molecule has 2 aromatic heterocycles. The number of rotatable bonds is 3. The van der Waals surface area contributed by atoms with Gasteiger partial charge in [0.05, 0.1) is 16.8 Å². The zero-order chi connectivity index (χ0) is 19.7. The molecule has 28 heavy (non-hydrogen) atoms. The maximum absolute atomic E-state index is 12.9. The van der Waals surface area contributed by atoms with E-state index in [2.05, 4.69) is 15.0 Å². The standard InChI is InChI=1S/C20H17F3N4O/c21-20(22,23)15-5-1-3-13(9-15)11-27-8-6-17-16(12-27)19(28)26-18(25-17)14-4-2-7-24-10-14/h1-5,7,9-10H,6,8,11-12H2,(H,25,26,28). The number of nitrogens with one attached hydrogen (secondary N) is 1. The van der Waals surface area contributed by atoms with Crippen LogP contribution in [-0.2, 0) is 25.7 Å². The molecule has 0 bridgehead atoms. The first kappa shape index (κ1) is 18.4. The van der Waals surface area contributed by atoms with Crippen LogP contribution in [0, 0.1) is 0 Å². The van der Waals surface area contributed by atoms with Crippen molar-refractivity contribution in [3.8, 4) is 11.4 Å². The predicted molar refractivity (Wildman–Crippen MR) is 97.4 cm³/mol. The van der Waals surface area contributed by atoms with Gasteiger partial charge in [0, 0.05) is 44.0 Å². The summed E-state index contributed by atoms with van der Waals surface area (Å²) in [5.41, 5.74) is 1.69. The Morgan fingerprint density at radius 1 is 1.18 bits per heavy atom. The lowest BCUT2D eigenvalue weighted by Crippen LogP contribution is -2.35. The number of nitrogens with zero attached hydrogens (tertiary/aromatic N) is 3. The third kappa shape index (κ3) is 3.82. The summed E-state index contributed by atoms with van der Waals surface area (Å²) in [6, 6.07) is 8.88. The second-order valence-electron chi connectivity index (χ2n) is 6.74. The molecule has 0 fully saturated rings. The smallest absolute Gasteiger partial charge is 0.306 e. The van der Waals surface area contributed by atoms with E-state index >= 15 is 0 Å². The largest absolute Gasteiger partial charge is 0.416 e. The second-order valence-corrected chi connectivity index (χ2v) is 6.74. The molecule has 0 amide bonds. The Hall–Kier alpha value is -3.00. The maximum Gasteiger partial charge on any atom is 0.416 e. The minimum atomic E-state index is -4.37. The third-order valence-corrected chi connectivity index (χ3v) is 4.74. The number of halogens is 3. The highest BCUT2D eigenvalue weighted by Gasteiger charge is 2.30. The molecule has 0 saturated heterocycles. The van der Waals surface area contributed by atoms with E-state index in [-0.39, 0.29) is 5.56 Å². The minimum Gasteiger partial charge on any atom is -0.306 e. The van der Waals surface area contributed by atoms with Crippen molar-refractivity contribution in [1.82, 2.24) is 19.9 Å². The number of aromatic nitrogens is 3. The molecule has 0 aliphatic carbocycles. The van der Waals surface area contributed by atoms with E-state index in [9.17, 15) is 18.0 Å². The van der Waals surface area contributed by atoms with Gasteiger partial charge >= 0.3 is 6.18 Å². The highest BCUT2D eigenvalue weighted by molar-refractivity contribution is 5.53. The number of hydrogen-bond acceptors (Lipinski definition) is 4. The first-order chi connectivity index (χ1) is 13.4. The highest BCUT2D eigenvalue weighted by atomic mass is 19.4. The van der Waals surface area contributed by atoms with Crippen LogP contribution in [0.2, 0.25) is 0 Å². The Balaban J connectivity index is 1.55. The Bertz CT molecular complexity index is 1050. The fourth-order valence-electron chi connectivity index (χ4n) is 3.36. The van der Waals surface area contributed by atoms with Crippen LogP contribution < -0.4 is 5.56 Å². The molecule has 0 unspecified atom stereocenters. The van der Waals surface area contributed by atoms with Crippen molar-refractivity contribution in [2.24, 2.45) is 0 Å². The number of aromatic amines is 1. The SMILES string of the molecule is O=c1[nH]c(-c2cccnc2)nc2c1CN(Cc1cccc(C(F)(F)F)c1)CC2. The quantitative estimate of drug-likeness (QED) is 0.749. The van der Waals surface area contributed by atoms with Crippen LogP contribution in [-0.4, -0.2) is 26.4 Å². The van der Waals surface area contributed by atoms with E-state index < -0.39 is 11.7 Å². The molecule has 3 heterocycles. The summed E-state index contributed by atoms with van der Waals surface area (Å²) in [6.45, 7) is 1.31. The van der Waals surface area contributed by atoms with Crippen LogP contribution >= 0.6 is 0 Å². The first-order valence-electron chi connectivity index (χ1n) is 8.81. The van der Waals surface area contributed by atoms with Crippen molar-refractivity contribution < 1.29 is 13.2 Å². The lowest BCUT2D eigenvalue weighted by molar-refractivity contribution is -0.137. The molecule has 3 aromatic rings. The monoisotopic (exact) mass is 386 g/mol. The molecular weight excluding hydrogens is 369 g/mol.